The Hall–Kier alpha value is -2.22. The molecule has 0 fully saturated rings. The molecule has 0 saturated heterocycles. The summed E-state index contributed by atoms with van der Waals surface area (Å²) < 4.78 is 0.690. The van der Waals surface area contributed by atoms with Gasteiger partial charge in [0.15, 0.2) is 0 Å². The number of carbonyl (C=O) groups excluding carboxylic acids is 2. The Balaban J connectivity index is 1.71. The highest BCUT2D eigenvalue weighted by Gasteiger charge is 2.17. The van der Waals surface area contributed by atoms with Gasteiger partial charge in [-0.1, -0.05) is 23.7 Å². The molecule has 26 heavy (non-hydrogen) atoms. The van der Waals surface area contributed by atoms with Crippen molar-refractivity contribution in [2.75, 3.05) is 7.05 Å². The van der Waals surface area contributed by atoms with Gasteiger partial charge >= 0.3 is 0 Å². The third kappa shape index (κ3) is 4.12. The molecule has 2 amide bonds. The predicted octanol–water partition coefficient (Wildman–Crippen LogP) is 4.12. The number of thiazole rings is 1. The molecular weight excluding hydrogens is 390 g/mol. The van der Waals surface area contributed by atoms with Gasteiger partial charge in [-0.15, -0.1) is 22.7 Å². The first-order valence-electron chi connectivity index (χ1n) is 7.80. The third-order valence-electron chi connectivity index (χ3n) is 3.66. The van der Waals surface area contributed by atoms with E-state index in [1.54, 1.807) is 25.2 Å². The lowest BCUT2D eigenvalue weighted by Crippen LogP contribution is -2.23. The number of aromatic nitrogens is 1. The Labute approximate surface area is 164 Å². The second kappa shape index (κ2) is 7.99. The number of hydrogen-bond donors (Lipinski definition) is 2. The molecular formula is C18H16ClN3O2S2. The quantitative estimate of drug-likeness (QED) is 0.670. The van der Waals surface area contributed by atoms with Crippen LogP contribution in [0.2, 0.25) is 4.34 Å². The van der Waals surface area contributed by atoms with Crippen LogP contribution in [0.3, 0.4) is 0 Å². The Morgan fingerprint density at radius 3 is 2.65 bits per heavy atom. The van der Waals surface area contributed by atoms with Crippen LogP contribution in [0, 0.1) is 6.92 Å². The molecule has 0 aliphatic heterocycles. The van der Waals surface area contributed by atoms with Crippen LogP contribution < -0.4 is 10.6 Å². The minimum atomic E-state index is -0.181. The van der Waals surface area contributed by atoms with Crippen molar-refractivity contribution < 1.29 is 9.59 Å². The number of nitrogens with one attached hydrogen (secondary N) is 2. The molecule has 0 bridgehead atoms. The van der Waals surface area contributed by atoms with Gasteiger partial charge in [-0.25, -0.2) is 4.98 Å². The van der Waals surface area contributed by atoms with E-state index in [2.05, 4.69) is 15.6 Å². The summed E-state index contributed by atoms with van der Waals surface area (Å²) in [7, 11) is 1.59. The summed E-state index contributed by atoms with van der Waals surface area (Å²) in [5.74, 6) is -0.338. The monoisotopic (exact) mass is 405 g/mol. The van der Waals surface area contributed by atoms with Gasteiger partial charge in [-0.2, -0.15) is 0 Å². The summed E-state index contributed by atoms with van der Waals surface area (Å²) in [6.07, 6.45) is 0. The normalized spacial score (nSPS) is 10.6. The summed E-state index contributed by atoms with van der Waals surface area (Å²) in [6, 6.07) is 10.9. The number of hydrogen-bond acceptors (Lipinski definition) is 5. The topological polar surface area (TPSA) is 71.1 Å². The van der Waals surface area contributed by atoms with Crippen molar-refractivity contribution in [1.82, 2.24) is 15.6 Å². The Kier molecular flexibility index (Phi) is 5.70. The molecule has 0 unspecified atom stereocenters. The minimum Gasteiger partial charge on any atom is -0.355 e. The molecule has 2 N–H and O–H groups in total. The summed E-state index contributed by atoms with van der Waals surface area (Å²) in [5, 5.41) is 6.26. The van der Waals surface area contributed by atoms with Crippen LogP contribution >= 0.6 is 34.3 Å². The number of halogens is 1. The maximum absolute atomic E-state index is 12.5. The zero-order chi connectivity index (χ0) is 18.7. The second-order valence-corrected chi connectivity index (χ2v) is 8.21. The van der Waals surface area contributed by atoms with Crippen molar-refractivity contribution in [2.45, 2.75) is 13.5 Å². The molecule has 0 aliphatic carbocycles. The number of benzene rings is 1. The fourth-order valence-electron chi connectivity index (χ4n) is 2.37. The van der Waals surface area contributed by atoms with E-state index in [-0.39, 0.29) is 11.8 Å². The van der Waals surface area contributed by atoms with Crippen molar-refractivity contribution in [1.29, 1.82) is 0 Å². The molecule has 0 spiro atoms. The fraction of sp³-hybridized carbons (Fsp3) is 0.167. The van der Waals surface area contributed by atoms with Gasteiger partial charge < -0.3 is 10.6 Å². The zero-order valence-corrected chi connectivity index (χ0v) is 16.5. The van der Waals surface area contributed by atoms with Crippen molar-refractivity contribution in [3.63, 3.8) is 0 Å². The molecule has 1 aromatic carbocycles. The third-order valence-corrected chi connectivity index (χ3v) is 6.21. The SMILES string of the molecule is CNC(=O)c1cccc(CNC(=O)c2sc(-c3ccc(Cl)s3)nc2C)c1. The van der Waals surface area contributed by atoms with Crippen LogP contribution in [-0.4, -0.2) is 23.8 Å². The van der Waals surface area contributed by atoms with Crippen molar-refractivity contribution in [2.24, 2.45) is 0 Å². The summed E-state index contributed by atoms with van der Waals surface area (Å²) in [6.45, 7) is 2.15. The zero-order valence-electron chi connectivity index (χ0n) is 14.1. The highest BCUT2D eigenvalue weighted by atomic mass is 35.5. The maximum atomic E-state index is 12.5. The summed E-state index contributed by atoms with van der Waals surface area (Å²) >= 11 is 8.75. The standard InChI is InChI=1S/C18H16ClN3O2S2/c1-10-15(26-18(22-10)13-6-7-14(19)25-13)17(24)21-9-11-4-3-5-12(8-11)16(23)20-2/h3-8H,9H2,1-2H3,(H,20,23)(H,21,24). The van der Waals surface area contributed by atoms with Gasteiger partial charge in [0.2, 0.25) is 0 Å². The van der Waals surface area contributed by atoms with E-state index >= 15 is 0 Å². The first kappa shape index (κ1) is 18.6. The first-order valence-corrected chi connectivity index (χ1v) is 9.81. The van der Waals surface area contributed by atoms with Crippen molar-refractivity contribution >= 4 is 46.1 Å². The molecule has 2 heterocycles. The van der Waals surface area contributed by atoms with E-state index in [0.717, 1.165) is 15.4 Å². The van der Waals surface area contributed by atoms with Gasteiger partial charge in [0.05, 0.1) is 14.9 Å². The molecule has 0 radical (unpaired) electrons. The second-order valence-electron chi connectivity index (χ2n) is 5.50. The number of aryl methyl sites for hydroxylation is 1. The average Bonchev–Trinajstić information content (AvgIpc) is 3.25. The van der Waals surface area contributed by atoms with Crippen LogP contribution in [0.25, 0.3) is 9.88 Å². The number of rotatable bonds is 5. The number of amides is 2. The van der Waals surface area contributed by atoms with Crippen molar-refractivity contribution in [3.05, 3.63) is 62.4 Å². The molecule has 0 aliphatic rings. The molecule has 3 rings (SSSR count). The van der Waals surface area contributed by atoms with Gasteiger partial charge in [-0.05, 0) is 36.8 Å². The van der Waals surface area contributed by atoms with E-state index in [9.17, 15) is 9.59 Å². The van der Waals surface area contributed by atoms with Crippen LogP contribution in [-0.2, 0) is 6.54 Å². The maximum Gasteiger partial charge on any atom is 0.263 e. The van der Waals surface area contributed by atoms with Crippen LogP contribution in [0.1, 0.15) is 31.3 Å². The Bertz CT molecular complexity index is 965. The highest BCUT2D eigenvalue weighted by Crippen LogP contribution is 2.34. The Morgan fingerprint density at radius 2 is 1.96 bits per heavy atom. The molecule has 3 aromatic rings. The van der Waals surface area contributed by atoms with Crippen molar-refractivity contribution in [3.8, 4) is 9.88 Å². The minimum absolute atomic E-state index is 0.157. The predicted molar refractivity (Wildman–Crippen MR) is 106 cm³/mol. The van der Waals surface area contributed by atoms with E-state index in [1.807, 2.05) is 25.1 Å². The number of thiophene rings is 1. The molecule has 134 valence electrons. The van der Waals surface area contributed by atoms with E-state index < -0.39 is 0 Å². The summed E-state index contributed by atoms with van der Waals surface area (Å²) in [4.78, 5) is 30.2. The Morgan fingerprint density at radius 1 is 1.15 bits per heavy atom. The average molecular weight is 406 g/mol. The largest absolute Gasteiger partial charge is 0.355 e. The van der Waals surface area contributed by atoms with E-state index in [0.29, 0.717) is 27.0 Å². The van der Waals surface area contributed by atoms with Gasteiger partial charge in [-0.3, -0.25) is 9.59 Å². The number of carbonyl (C=O) groups is 2. The molecule has 0 atom stereocenters. The molecule has 0 saturated carbocycles. The lowest BCUT2D eigenvalue weighted by Gasteiger charge is -2.06. The first-order chi connectivity index (χ1) is 12.5. The van der Waals surface area contributed by atoms with Gasteiger partial charge in [0.1, 0.15) is 9.88 Å². The lowest BCUT2D eigenvalue weighted by atomic mass is 10.1. The van der Waals surface area contributed by atoms with Crippen LogP contribution in [0.15, 0.2) is 36.4 Å². The lowest BCUT2D eigenvalue weighted by molar-refractivity contribution is 0.0951. The summed E-state index contributed by atoms with van der Waals surface area (Å²) in [5.41, 5.74) is 2.10. The van der Waals surface area contributed by atoms with Crippen LogP contribution in [0.4, 0.5) is 0 Å². The van der Waals surface area contributed by atoms with Gasteiger partial charge in [0.25, 0.3) is 11.8 Å². The van der Waals surface area contributed by atoms with Crippen LogP contribution in [0.5, 0.6) is 0 Å². The number of nitrogens with zero attached hydrogens (tertiary/aromatic N) is 1. The molecule has 2 aromatic heterocycles. The van der Waals surface area contributed by atoms with E-state index in [1.165, 1.54) is 22.7 Å². The van der Waals surface area contributed by atoms with E-state index in [4.69, 9.17) is 11.6 Å². The molecule has 8 heteroatoms. The highest BCUT2D eigenvalue weighted by molar-refractivity contribution is 7.24. The fourth-order valence-corrected chi connectivity index (χ4v) is 4.45. The van der Waals surface area contributed by atoms with Gasteiger partial charge in [0, 0.05) is 19.2 Å². The molecule has 5 nitrogen and oxygen atoms in total. The smallest absolute Gasteiger partial charge is 0.263 e.